The summed E-state index contributed by atoms with van der Waals surface area (Å²) >= 11 is 0. The van der Waals surface area contributed by atoms with Gasteiger partial charge in [-0.15, -0.1) is 0 Å². The Morgan fingerprint density at radius 1 is 0.903 bits per heavy atom. The molecule has 156 valence electrons. The Kier molecular flexibility index (Phi) is 5.17. The lowest BCUT2D eigenvalue weighted by Gasteiger charge is -2.28. The van der Waals surface area contributed by atoms with Crippen LogP contribution < -0.4 is 15.8 Å². The van der Waals surface area contributed by atoms with Crippen LogP contribution in [0, 0.1) is 6.92 Å². The van der Waals surface area contributed by atoms with Crippen molar-refractivity contribution in [2.45, 2.75) is 12.8 Å². The van der Waals surface area contributed by atoms with Gasteiger partial charge in [0.1, 0.15) is 11.5 Å². The number of carbonyl (C=O) groups is 3. The number of nitrogens with two attached hydrogens (primary N) is 1. The molecule has 31 heavy (non-hydrogen) atoms. The number of Topliss-reactive ketones (excluding diaryl/α,β-unsaturated/α-hetero) is 1. The van der Waals surface area contributed by atoms with Gasteiger partial charge in [0.25, 0.3) is 0 Å². The van der Waals surface area contributed by atoms with Gasteiger partial charge >= 0.3 is 12.0 Å². The molecule has 3 aromatic rings. The van der Waals surface area contributed by atoms with Crippen molar-refractivity contribution in [2.24, 2.45) is 5.73 Å². The summed E-state index contributed by atoms with van der Waals surface area (Å²) in [6.07, 6.45) is 0. The van der Waals surface area contributed by atoms with Crippen molar-refractivity contribution in [3.05, 3.63) is 88.5 Å². The number of fused-ring (bicyclic) bond motifs is 2. The van der Waals surface area contributed by atoms with Gasteiger partial charge in [0, 0.05) is 16.7 Å². The highest BCUT2D eigenvalue weighted by molar-refractivity contribution is 6.09. The number of esters is 1. The molecular weight excluding hydrogens is 396 g/mol. The molecule has 0 aromatic heterocycles. The fourth-order valence-electron chi connectivity index (χ4n) is 3.89. The minimum atomic E-state index is -0.848. The first-order chi connectivity index (χ1) is 14.9. The quantitative estimate of drug-likeness (QED) is 0.484. The van der Waals surface area contributed by atoms with Crippen LogP contribution in [0.2, 0.25) is 0 Å². The zero-order valence-corrected chi connectivity index (χ0v) is 17.0. The number of hydrogen-bond acceptors (Lipinski definition) is 5. The van der Waals surface area contributed by atoms with Crippen molar-refractivity contribution in [1.82, 2.24) is 0 Å². The van der Waals surface area contributed by atoms with E-state index in [1.54, 1.807) is 13.0 Å². The van der Waals surface area contributed by atoms with Crippen LogP contribution >= 0.6 is 0 Å². The van der Waals surface area contributed by atoms with E-state index in [1.165, 1.54) is 13.2 Å². The van der Waals surface area contributed by atoms with Gasteiger partial charge in [-0.25, -0.2) is 9.59 Å². The molecule has 4 rings (SSSR count). The second kappa shape index (κ2) is 7.95. The lowest BCUT2D eigenvalue weighted by Crippen LogP contribution is -2.24. The first-order valence-electron chi connectivity index (χ1n) is 9.60. The van der Waals surface area contributed by atoms with E-state index in [9.17, 15) is 14.4 Å². The number of para-hydroxylation sites is 2. The maximum atomic E-state index is 13.8. The van der Waals surface area contributed by atoms with Crippen LogP contribution in [0.25, 0.3) is 0 Å². The molecule has 1 heterocycles. The maximum Gasteiger partial charge on any atom is 0.339 e. The molecule has 0 saturated carbocycles. The highest BCUT2D eigenvalue weighted by Crippen LogP contribution is 2.45. The molecule has 0 spiro atoms. The van der Waals surface area contributed by atoms with Gasteiger partial charge in [0.05, 0.1) is 24.3 Å². The van der Waals surface area contributed by atoms with Gasteiger partial charge < -0.3 is 20.5 Å². The predicted octanol–water partition coefficient (Wildman–Crippen LogP) is 4.39. The smallest absolute Gasteiger partial charge is 0.339 e. The zero-order valence-electron chi connectivity index (χ0n) is 17.0. The molecule has 3 N–H and O–H groups in total. The Morgan fingerprint density at radius 2 is 1.45 bits per heavy atom. The normalized spacial score (nSPS) is 12.2. The van der Waals surface area contributed by atoms with Crippen LogP contribution in [-0.4, -0.2) is 24.9 Å². The summed E-state index contributed by atoms with van der Waals surface area (Å²) in [6, 6.07) is 16.9. The van der Waals surface area contributed by atoms with Gasteiger partial charge in [0.15, 0.2) is 5.78 Å². The van der Waals surface area contributed by atoms with E-state index in [2.05, 4.69) is 5.32 Å². The number of ketones is 1. The maximum absolute atomic E-state index is 13.8. The van der Waals surface area contributed by atoms with Gasteiger partial charge in [-0.1, -0.05) is 42.5 Å². The third-order valence-electron chi connectivity index (χ3n) is 5.33. The molecule has 1 aliphatic heterocycles. The van der Waals surface area contributed by atoms with Gasteiger partial charge in [0.2, 0.25) is 0 Å². The average Bonchev–Trinajstić information content (AvgIpc) is 2.77. The summed E-state index contributed by atoms with van der Waals surface area (Å²) in [4.78, 5) is 37.5. The number of benzene rings is 3. The largest absolute Gasteiger partial charge is 0.465 e. The topological polar surface area (TPSA) is 108 Å². The number of nitrogens with one attached hydrogen (secondary N) is 1. The average molecular weight is 416 g/mol. The van der Waals surface area contributed by atoms with E-state index < -0.39 is 17.9 Å². The number of ether oxygens (including phenoxy) is 2. The second-order valence-electron chi connectivity index (χ2n) is 7.12. The van der Waals surface area contributed by atoms with E-state index in [1.807, 2.05) is 48.5 Å². The monoisotopic (exact) mass is 416 g/mol. The molecule has 0 aliphatic carbocycles. The molecule has 0 unspecified atom stereocenters. The van der Waals surface area contributed by atoms with Crippen LogP contribution in [0.4, 0.5) is 10.5 Å². The number of methoxy groups -OCH3 is 1. The van der Waals surface area contributed by atoms with Crippen LogP contribution in [0.5, 0.6) is 11.5 Å². The summed E-state index contributed by atoms with van der Waals surface area (Å²) in [5, 5.41) is 2.45. The zero-order chi connectivity index (χ0) is 22.1. The van der Waals surface area contributed by atoms with Crippen LogP contribution in [0.1, 0.15) is 43.3 Å². The Morgan fingerprint density at radius 3 is 2.00 bits per heavy atom. The van der Waals surface area contributed by atoms with E-state index in [0.717, 1.165) is 11.1 Å². The fourth-order valence-corrected chi connectivity index (χ4v) is 3.89. The van der Waals surface area contributed by atoms with E-state index in [0.29, 0.717) is 22.6 Å². The summed E-state index contributed by atoms with van der Waals surface area (Å²) in [5.74, 6) is -0.222. The van der Waals surface area contributed by atoms with E-state index in [4.69, 9.17) is 15.2 Å². The van der Waals surface area contributed by atoms with Crippen molar-refractivity contribution in [3.8, 4) is 11.5 Å². The Hall–Kier alpha value is -4.13. The minimum absolute atomic E-state index is 0.114. The molecule has 0 bridgehead atoms. The van der Waals surface area contributed by atoms with Crippen molar-refractivity contribution >= 4 is 23.5 Å². The number of carbonyl (C=O) groups excluding carboxylic acids is 3. The number of amides is 2. The number of rotatable bonds is 4. The number of anilines is 1. The Bertz CT molecular complexity index is 1170. The molecule has 0 radical (unpaired) electrons. The van der Waals surface area contributed by atoms with Crippen LogP contribution in [0.3, 0.4) is 0 Å². The van der Waals surface area contributed by atoms with E-state index >= 15 is 0 Å². The van der Waals surface area contributed by atoms with Gasteiger partial charge in [-0.3, -0.25) is 4.79 Å². The summed E-state index contributed by atoms with van der Waals surface area (Å²) in [5.41, 5.74) is 7.83. The number of primary amides is 1. The third kappa shape index (κ3) is 3.50. The second-order valence-corrected chi connectivity index (χ2v) is 7.12. The van der Waals surface area contributed by atoms with Crippen LogP contribution in [0.15, 0.2) is 60.7 Å². The number of urea groups is 1. The molecule has 2 amide bonds. The lowest BCUT2D eigenvalue weighted by molar-refractivity contribution is 0.0601. The summed E-state index contributed by atoms with van der Waals surface area (Å²) in [7, 11) is 1.24. The van der Waals surface area contributed by atoms with Crippen molar-refractivity contribution in [1.29, 1.82) is 0 Å². The van der Waals surface area contributed by atoms with Crippen molar-refractivity contribution < 1.29 is 23.9 Å². The molecule has 7 nitrogen and oxygen atoms in total. The standard InChI is InChI=1S/C24H20N2O5/c1-13-14(11-12-17(23(28)30-2)21(13)26-24(25)29)22(27)20-15-7-3-5-9-18(15)31-19-10-6-4-8-16(19)20/h3-12,20H,1-2H3,(H3,25,26,29). The van der Waals surface area contributed by atoms with Gasteiger partial charge in [-0.2, -0.15) is 0 Å². The first-order valence-corrected chi connectivity index (χ1v) is 9.60. The molecule has 0 fully saturated rings. The molecule has 7 heteroatoms. The Balaban J connectivity index is 1.88. The molecule has 0 saturated heterocycles. The minimum Gasteiger partial charge on any atom is -0.465 e. The van der Waals surface area contributed by atoms with E-state index in [-0.39, 0.29) is 17.0 Å². The molecule has 0 atom stereocenters. The van der Waals surface area contributed by atoms with Crippen LogP contribution in [-0.2, 0) is 4.74 Å². The highest BCUT2D eigenvalue weighted by Gasteiger charge is 2.34. The Labute approximate surface area is 178 Å². The third-order valence-corrected chi connectivity index (χ3v) is 5.33. The summed E-state index contributed by atoms with van der Waals surface area (Å²) < 4.78 is 10.8. The first kappa shape index (κ1) is 20.2. The molecule has 3 aromatic carbocycles. The predicted molar refractivity (Wildman–Crippen MR) is 115 cm³/mol. The highest BCUT2D eigenvalue weighted by atomic mass is 16.5. The lowest BCUT2D eigenvalue weighted by atomic mass is 9.81. The molecular formula is C24H20N2O5. The number of hydrogen-bond donors (Lipinski definition) is 2. The fraction of sp³-hybridized carbons (Fsp3) is 0.125. The van der Waals surface area contributed by atoms with Gasteiger partial charge in [-0.05, 0) is 30.7 Å². The molecule has 1 aliphatic rings. The van der Waals surface area contributed by atoms with Crippen molar-refractivity contribution in [3.63, 3.8) is 0 Å². The SMILES string of the molecule is COC(=O)c1ccc(C(=O)C2c3ccccc3Oc3ccccc32)c(C)c1NC(N)=O. The summed E-state index contributed by atoms with van der Waals surface area (Å²) in [6.45, 7) is 1.65. The van der Waals surface area contributed by atoms with Crippen molar-refractivity contribution in [2.75, 3.05) is 12.4 Å².